The van der Waals surface area contributed by atoms with E-state index in [4.69, 9.17) is 4.74 Å². The van der Waals surface area contributed by atoms with Crippen molar-refractivity contribution in [1.29, 1.82) is 0 Å². The first-order valence-corrected chi connectivity index (χ1v) is 8.02. The number of aliphatic carboxylic acids is 1. The minimum atomic E-state index is -0.835. The number of carbonyl (C=O) groups is 2. The fourth-order valence-corrected chi connectivity index (χ4v) is 3.58. The van der Waals surface area contributed by atoms with Gasteiger partial charge in [-0.05, 0) is 40.5 Å². The van der Waals surface area contributed by atoms with E-state index in [1.54, 1.807) is 4.90 Å². The van der Waals surface area contributed by atoms with Crippen molar-refractivity contribution >= 4 is 12.1 Å². The lowest BCUT2D eigenvalue weighted by Gasteiger charge is -2.53. The van der Waals surface area contributed by atoms with Crippen molar-refractivity contribution in [1.82, 2.24) is 10.2 Å². The minimum Gasteiger partial charge on any atom is -0.481 e. The van der Waals surface area contributed by atoms with Gasteiger partial charge >= 0.3 is 12.1 Å². The number of ether oxygens (including phenoxy) is 1. The van der Waals surface area contributed by atoms with E-state index in [1.165, 1.54) is 12.8 Å². The Morgan fingerprint density at radius 2 is 1.77 bits per heavy atom. The van der Waals surface area contributed by atoms with Crippen molar-refractivity contribution in [3.05, 3.63) is 0 Å². The topological polar surface area (TPSA) is 78.9 Å². The summed E-state index contributed by atoms with van der Waals surface area (Å²) in [5.74, 6) is -0.835. The molecule has 1 saturated carbocycles. The van der Waals surface area contributed by atoms with E-state index in [-0.39, 0.29) is 18.1 Å². The molecule has 126 valence electrons. The predicted molar refractivity (Wildman–Crippen MR) is 82.8 cm³/mol. The zero-order valence-corrected chi connectivity index (χ0v) is 14.1. The Bertz CT molecular complexity index is 444. The molecular weight excluding hydrogens is 284 g/mol. The van der Waals surface area contributed by atoms with Gasteiger partial charge in [-0.1, -0.05) is 12.8 Å². The summed E-state index contributed by atoms with van der Waals surface area (Å²) in [4.78, 5) is 24.9. The SMILES string of the molecule is CC1(NC2(CC(=O)O)CN(C(=O)OC(C)(C)C)C2)CCCC1. The van der Waals surface area contributed by atoms with E-state index in [0.29, 0.717) is 13.1 Å². The zero-order valence-electron chi connectivity index (χ0n) is 14.1. The highest BCUT2D eigenvalue weighted by Crippen LogP contribution is 2.35. The molecule has 1 heterocycles. The number of likely N-dealkylation sites (tertiary alicyclic amines) is 1. The lowest BCUT2D eigenvalue weighted by Crippen LogP contribution is -2.74. The lowest BCUT2D eigenvalue weighted by atomic mass is 9.82. The third kappa shape index (κ3) is 4.12. The van der Waals surface area contributed by atoms with Crippen LogP contribution >= 0.6 is 0 Å². The molecule has 2 aliphatic rings. The second kappa shape index (κ2) is 5.72. The molecule has 0 spiro atoms. The molecule has 2 fully saturated rings. The first-order chi connectivity index (χ1) is 10.0. The summed E-state index contributed by atoms with van der Waals surface area (Å²) in [6.45, 7) is 8.42. The van der Waals surface area contributed by atoms with Crippen LogP contribution in [0, 0.1) is 0 Å². The maximum Gasteiger partial charge on any atom is 0.410 e. The van der Waals surface area contributed by atoms with E-state index < -0.39 is 17.1 Å². The Kier molecular flexibility index (Phi) is 4.44. The summed E-state index contributed by atoms with van der Waals surface area (Å²) >= 11 is 0. The number of rotatable bonds is 4. The predicted octanol–water partition coefficient (Wildman–Crippen LogP) is 2.37. The Balaban J connectivity index is 1.99. The summed E-state index contributed by atoms with van der Waals surface area (Å²) < 4.78 is 5.35. The van der Waals surface area contributed by atoms with E-state index in [9.17, 15) is 14.7 Å². The number of hydrogen-bond donors (Lipinski definition) is 2. The molecule has 0 aromatic rings. The molecule has 1 aliphatic heterocycles. The standard InChI is InChI=1S/C16H28N2O4/c1-14(2,3)22-13(21)18-10-16(11-18,9-12(19)20)17-15(4)7-5-6-8-15/h17H,5-11H2,1-4H3,(H,19,20). The van der Waals surface area contributed by atoms with Crippen molar-refractivity contribution in [2.24, 2.45) is 0 Å². The van der Waals surface area contributed by atoms with Gasteiger partial charge in [0, 0.05) is 18.6 Å². The monoisotopic (exact) mass is 312 g/mol. The van der Waals surface area contributed by atoms with E-state index in [2.05, 4.69) is 12.2 Å². The average Bonchev–Trinajstić information content (AvgIpc) is 2.68. The number of amides is 1. The Labute approximate surface area is 132 Å². The van der Waals surface area contributed by atoms with Crippen LogP contribution in [-0.4, -0.2) is 51.8 Å². The molecule has 2 N–H and O–H groups in total. The molecule has 0 aromatic carbocycles. The van der Waals surface area contributed by atoms with Gasteiger partial charge in [-0.2, -0.15) is 0 Å². The van der Waals surface area contributed by atoms with Crippen molar-refractivity contribution in [2.75, 3.05) is 13.1 Å². The van der Waals surface area contributed by atoms with Crippen LogP contribution in [0.4, 0.5) is 4.79 Å². The highest BCUT2D eigenvalue weighted by molar-refractivity contribution is 5.73. The van der Waals surface area contributed by atoms with Gasteiger partial charge in [-0.3, -0.25) is 4.79 Å². The number of nitrogens with zero attached hydrogens (tertiary/aromatic N) is 1. The van der Waals surface area contributed by atoms with E-state index in [0.717, 1.165) is 12.8 Å². The van der Waals surface area contributed by atoms with Gasteiger partial charge in [0.25, 0.3) is 0 Å². The van der Waals surface area contributed by atoms with E-state index >= 15 is 0 Å². The lowest BCUT2D eigenvalue weighted by molar-refractivity contribution is -0.141. The Morgan fingerprint density at radius 3 is 2.23 bits per heavy atom. The fraction of sp³-hybridized carbons (Fsp3) is 0.875. The second-order valence-corrected chi connectivity index (χ2v) is 8.08. The van der Waals surface area contributed by atoms with Crippen LogP contribution in [0.15, 0.2) is 0 Å². The molecule has 1 saturated heterocycles. The van der Waals surface area contributed by atoms with Gasteiger partial charge in [0.2, 0.25) is 0 Å². The molecule has 0 unspecified atom stereocenters. The summed E-state index contributed by atoms with van der Waals surface area (Å²) in [5.41, 5.74) is -1.08. The first-order valence-electron chi connectivity index (χ1n) is 8.02. The van der Waals surface area contributed by atoms with Crippen molar-refractivity contribution in [2.45, 2.75) is 76.5 Å². The van der Waals surface area contributed by atoms with Gasteiger partial charge in [0.15, 0.2) is 0 Å². The zero-order chi connectivity index (χ0) is 16.6. The van der Waals surface area contributed by atoms with Crippen molar-refractivity contribution in [3.63, 3.8) is 0 Å². The number of nitrogens with one attached hydrogen (secondary N) is 1. The third-order valence-electron chi connectivity index (χ3n) is 4.40. The molecule has 6 nitrogen and oxygen atoms in total. The summed E-state index contributed by atoms with van der Waals surface area (Å²) in [5, 5.41) is 12.8. The normalized spacial score (nSPS) is 23.0. The summed E-state index contributed by atoms with van der Waals surface area (Å²) in [6, 6.07) is 0. The smallest absolute Gasteiger partial charge is 0.410 e. The van der Waals surface area contributed by atoms with Crippen LogP contribution in [-0.2, 0) is 9.53 Å². The Morgan fingerprint density at radius 1 is 1.23 bits per heavy atom. The van der Waals surface area contributed by atoms with Gasteiger partial charge in [-0.15, -0.1) is 0 Å². The molecule has 2 rings (SSSR count). The highest BCUT2D eigenvalue weighted by atomic mass is 16.6. The molecule has 0 radical (unpaired) electrons. The van der Waals surface area contributed by atoms with Crippen molar-refractivity contribution in [3.8, 4) is 0 Å². The van der Waals surface area contributed by atoms with Crippen LogP contribution in [0.25, 0.3) is 0 Å². The number of carbonyl (C=O) groups excluding carboxylic acids is 1. The van der Waals surface area contributed by atoms with Crippen LogP contribution in [0.3, 0.4) is 0 Å². The third-order valence-corrected chi connectivity index (χ3v) is 4.40. The molecule has 6 heteroatoms. The fourth-order valence-electron chi connectivity index (χ4n) is 3.58. The maximum atomic E-state index is 12.1. The van der Waals surface area contributed by atoms with Gasteiger partial charge in [0.05, 0.1) is 12.0 Å². The van der Waals surface area contributed by atoms with Crippen LogP contribution in [0.2, 0.25) is 0 Å². The quantitative estimate of drug-likeness (QED) is 0.833. The molecular formula is C16H28N2O4. The molecule has 0 atom stereocenters. The van der Waals surface area contributed by atoms with Gasteiger partial charge in [-0.25, -0.2) is 4.79 Å². The van der Waals surface area contributed by atoms with Gasteiger partial charge < -0.3 is 20.1 Å². The molecule has 0 bridgehead atoms. The number of hydrogen-bond acceptors (Lipinski definition) is 4. The summed E-state index contributed by atoms with van der Waals surface area (Å²) in [7, 11) is 0. The summed E-state index contributed by atoms with van der Waals surface area (Å²) in [6.07, 6.45) is 4.11. The first kappa shape index (κ1) is 17.1. The average molecular weight is 312 g/mol. The molecule has 0 aromatic heterocycles. The number of carboxylic acids is 1. The molecule has 1 amide bonds. The van der Waals surface area contributed by atoms with Crippen LogP contribution in [0.5, 0.6) is 0 Å². The largest absolute Gasteiger partial charge is 0.481 e. The van der Waals surface area contributed by atoms with Crippen molar-refractivity contribution < 1.29 is 19.4 Å². The van der Waals surface area contributed by atoms with Crippen LogP contribution in [0.1, 0.15) is 59.8 Å². The minimum absolute atomic E-state index is 0.0184. The maximum absolute atomic E-state index is 12.1. The van der Waals surface area contributed by atoms with E-state index in [1.807, 2.05) is 20.8 Å². The molecule has 22 heavy (non-hydrogen) atoms. The molecule has 1 aliphatic carbocycles. The van der Waals surface area contributed by atoms with Crippen LogP contribution < -0.4 is 5.32 Å². The van der Waals surface area contributed by atoms with Gasteiger partial charge in [0.1, 0.15) is 5.60 Å². The Hall–Kier alpha value is -1.30. The highest BCUT2D eigenvalue weighted by Gasteiger charge is 2.51. The number of carboxylic acid groups (broad SMARTS) is 1. The second-order valence-electron chi connectivity index (χ2n) is 8.08.